The molecule has 0 aromatic rings. The van der Waals surface area contributed by atoms with E-state index in [0.29, 0.717) is 0 Å². The van der Waals surface area contributed by atoms with E-state index in [9.17, 15) is 0 Å². The molecule has 5 heavy (non-hydrogen) atoms. The summed E-state index contributed by atoms with van der Waals surface area (Å²) in [7, 11) is 0. The quantitative estimate of drug-likeness (QED) is 0.500. The van der Waals surface area contributed by atoms with Crippen LogP contribution in [0.25, 0.3) is 0 Å². The van der Waals surface area contributed by atoms with Gasteiger partial charge in [-0.15, -0.1) is 12.4 Å². The van der Waals surface area contributed by atoms with Crippen molar-refractivity contribution in [1.29, 1.82) is 0 Å². The van der Waals surface area contributed by atoms with Crippen molar-refractivity contribution in [3.05, 3.63) is 0 Å². The van der Waals surface area contributed by atoms with Crippen LogP contribution in [0, 0.1) is 0 Å². The first-order valence-corrected chi connectivity index (χ1v) is 1.12. The Morgan fingerprint density at radius 2 is 1.60 bits per heavy atom. The van der Waals surface area contributed by atoms with Gasteiger partial charge in [0.2, 0.25) is 0 Å². The Morgan fingerprint density at radius 3 is 1.60 bits per heavy atom. The van der Waals surface area contributed by atoms with Crippen LogP contribution in [0.15, 0.2) is 0 Å². The molecule has 0 bridgehead atoms. The molecule has 0 aliphatic heterocycles. The number of hydrogen-bond acceptors (Lipinski definition) is 1. The van der Waals surface area contributed by atoms with Gasteiger partial charge in [-0.25, -0.2) is 0 Å². The third-order valence-corrected chi connectivity index (χ3v) is 0. The number of rotatable bonds is 0. The third kappa shape index (κ3) is 42.7. The molecule has 0 heterocycles. The average molecular weight is 204 g/mol. The van der Waals surface area contributed by atoms with Gasteiger partial charge in [0, 0.05) is 0 Å². The van der Waals surface area contributed by atoms with Gasteiger partial charge in [-0.05, 0) is 6.54 Å². The Hall–Kier alpha value is 1.05. The standard InChI is InChI=1S/C2H7N.ClH.Sn.4H/c1-2-3;;;;;;/h2-3H2,1H3;1H;;;;;. The fraction of sp³-hybridized carbons (Fsp3) is 1.00. The minimum absolute atomic E-state index is 0. The van der Waals surface area contributed by atoms with Crippen LogP contribution in [0.5, 0.6) is 0 Å². The Labute approximate surface area is 55.7 Å². The van der Waals surface area contributed by atoms with Gasteiger partial charge in [0.25, 0.3) is 0 Å². The molecular weight excluding hydrogens is 192 g/mol. The first kappa shape index (κ1) is 16.6. The average Bonchev–Trinajstić information content (AvgIpc) is 0.918. The van der Waals surface area contributed by atoms with Gasteiger partial charge in [0.15, 0.2) is 0 Å². The summed E-state index contributed by atoms with van der Waals surface area (Å²) in [5.41, 5.74) is 4.85. The van der Waals surface area contributed by atoms with Gasteiger partial charge in [0.05, 0.1) is 0 Å². The van der Waals surface area contributed by atoms with E-state index in [2.05, 4.69) is 0 Å². The van der Waals surface area contributed by atoms with Gasteiger partial charge in [0.1, 0.15) is 0 Å². The van der Waals surface area contributed by atoms with Gasteiger partial charge >= 0.3 is 23.9 Å². The maximum absolute atomic E-state index is 4.85. The zero-order chi connectivity index (χ0) is 2.71. The number of nitrogens with two attached hydrogens (primary N) is 1. The second-order valence-corrected chi connectivity index (χ2v) is 0.408. The Morgan fingerprint density at radius 1 is 1.60 bits per heavy atom. The van der Waals surface area contributed by atoms with Crippen LogP contribution < -0.4 is 5.73 Å². The molecule has 0 saturated carbocycles. The normalized spacial score (nSPS) is 3.60. The van der Waals surface area contributed by atoms with E-state index >= 15 is 0 Å². The predicted molar refractivity (Wildman–Crippen MR) is 33.3 cm³/mol. The van der Waals surface area contributed by atoms with Crippen molar-refractivity contribution in [2.75, 3.05) is 6.54 Å². The number of halogens is 1. The van der Waals surface area contributed by atoms with Gasteiger partial charge < -0.3 is 5.73 Å². The molecule has 0 aliphatic rings. The summed E-state index contributed by atoms with van der Waals surface area (Å²) < 4.78 is 0. The molecule has 1 nitrogen and oxygen atoms in total. The molecule has 0 radical (unpaired) electrons. The fourth-order valence-electron chi connectivity index (χ4n) is 0. The first-order chi connectivity index (χ1) is 1.41. The molecule has 0 unspecified atom stereocenters. The molecule has 0 fully saturated rings. The summed E-state index contributed by atoms with van der Waals surface area (Å²) in [5, 5.41) is 0. The van der Waals surface area contributed by atoms with E-state index in [4.69, 9.17) is 5.73 Å². The van der Waals surface area contributed by atoms with E-state index in [1.807, 2.05) is 6.92 Å². The Bertz CT molecular complexity index is 9.61. The Balaban J connectivity index is -0.0000000200. The van der Waals surface area contributed by atoms with Crippen molar-refractivity contribution in [3.8, 4) is 0 Å². The van der Waals surface area contributed by atoms with Crippen LogP contribution in [0.2, 0.25) is 0 Å². The number of hydrogen-bond donors (Lipinski definition) is 1. The van der Waals surface area contributed by atoms with Crippen molar-refractivity contribution in [2.45, 2.75) is 6.92 Å². The Kier molecular flexibility index (Phi) is 65.4. The first-order valence-electron chi connectivity index (χ1n) is 1.12. The SMILES string of the molecule is CCN.Cl.[SnH4]. The van der Waals surface area contributed by atoms with Crippen LogP contribution in [-0.2, 0) is 0 Å². The topological polar surface area (TPSA) is 26.0 Å². The fourth-order valence-corrected chi connectivity index (χ4v) is 0. The van der Waals surface area contributed by atoms with Crippen LogP contribution in [0.4, 0.5) is 0 Å². The van der Waals surface area contributed by atoms with Crippen molar-refractivity contribution < 1.29 is 0 Å². The predicted octanol–water partition coefficient (Wildman–Crippen LogP) is -1.06. The summed E-state index contributed by atoms with van der Waals surface area (Å²) in [6.07, 6.45) is 0. The zero-order valence-corrected chi connectivity index (χ0v) is 3.51. The van der Waals surface area contributed by atoms with Crippen LogP contribution >= 0.6 is 12.4 Å². The third-order valence-electron chi connectivity index (χ3n) is 0. The minimum atomic E-state index is 0. The van der Waals surface area contributed by atoms with Gasteiger partial charge in [-0.1, -0.05) is 6.92 Å². The van der Waals surface area contributed by atoms with Crippen molar-refractivity contribution in [2.24, 2.45) is 5.73 Å². The van der Waals surface area contributed by atoms with Gasteiger partial charge in [-0.2, -0.15) is 0 Å². The summed E-state index contributed by atoms with van der Waals surface area (Å²) in [4.78, 5) is 0. The van der Waals surface area contributed by atoms with Gasteiger partial charge in [-0.3, -0.25) is 0 Å². The second-order valence-electron chi connectivity index (χ2n) is 0.408. The van der Waals surface area contributed by atoms with Crippen LogP contribution in [-0.4, -0.2) is 30.5 Å². The molecule has 0 rings (SSSR count). The molecule has 0 atom stereocenters. The summed E-state index contributed by atoms with van der Waals surface area (Å²) in [5.74, 6) is 0. The monoisotopic (exact) mass is 205 g/mol. The van der Waals surface area contributed by atoms with Crippen molar-refractivity contribution in [3.63, 3.8) is 0 Å². The van der Waals surface area contributed by atoms with E-state index in [-0.39, 0.29) is 36.3 Å². The van der Waals surface area contributed by atoms with Crippen LogP contribution in [0.3, 0.4) is 0 Å². The molecular formula is C2H12ClNSn. The molecule has 0 saturated heterocycles. The van der Waals surface area contributed by atoms with Crippen molar-refractivity contribution >= 4 is 36.3 Å². The maximum atomic E-state index is 4.85. The molecule has 3 heteroatoms. The van der Waals surface area contributed by atoms with Crippen molar-refractivity contribution in [1.82, 2.24) is 0 Å². The summed E-state index contributed by atoms with van der Waals surface area (Å²) in [6.45, 7) is 2.65. The summed E-state index contributed by atoms with van der Waals surface area (Å²) >= 11 is 0. The molecule has 0 aromatic heterocycles. The zero-order valence-electron chi connectivity index (χ0n) is 2.69. The molecule has 0 amide bonds. The van der Waals surface area contributed by atoms with Crippen LogP contribution in [0.1, 0.15) is 6.92 Å². The van der Waals surface area contributed by atoms with E-state index < -0.39 is 0 Å². The van der Waals surface area contributed by atoms with E-state index in [1.54, 1.807) is 0 Å². The molecule has 36 valence electrons. The molecule has 2 N–H and O–H groups in total. The molecule has 0 spiro atoms. The summed E-state index contributed by atoms with van der Waals surface area (Å²) in [6, 6.07) is 0. The van der Waals surface area contributed by atoms with E-state index in [0.717, 1.165) is 6.54 Å². The molecule has 0 aliphatic carbocycles. The molecule has 0 aromatic carbocycles. The second kappa shape index (κ2) is 19.7. The van der Waals surface area contributed by atoms with E-state index in [1.165, 1.54) is 0 Å².